The number of carbonyl (C=O) groups is 2. The highest BCUT2D eigenvalue weighted by atomic mass is 16.5. The Hall–Kier alpha value is -2.31. The average molecular weight is 240 g/mol. The molecule has 1 heterocycles. The second kappa shape index (κ2) is 5.69. The molecule has 0 bridgehead atoms. The highest BCUT2D eigenvalue weighted by molar-refractivity contribution is 5.75. The summed E-state index contributed by atoms with van der Waals surface area (Å²) in [4.78, 5) is 32.6. The van der Waals surface area contributed by atoms with Crippen molar-refractivity contribution in [2.24, 2.45) is 5.73 Å². The lowest BCUT2D eigenvalue weighted by atomic mass is 10.4. The summed E-state index contributed by atoms with van der Waals surface area (Å²) in [5.74, 6) is -1.72. The Balaban J connectivity index is 2.80. The number of ether oxygens (including phenoxy) is 1. The standard InChI is InChI=1S/C10H12N2O5/c11-8(13)6-17-7-2-1-4-12(10(7)16)5-3-9(14)15/h1-2,4H,3,5-6H2,(H2,11,13)(H,14,15). The number of amides is 1. The molecule has 0 aromatic carbocycles. The Morgan fingerprint density at radius 3 is 2.76 bits per heavy atom. The first-order chi connectivity index (χ1) is 8.00. The quantitative estimate of drug-likeness (QED) is 0.675. The number of hydrogen-bond donors (Lipinski definition) is 2. The summed E-state index contributed by atoms with van der Waals surface area (Å²) >= 11 is 0. The van der Waals surface area contributed by atoms with Crippen molar-refractivity contribution in [1.82, 2.24) is 4.57 Å². The lowest BCUT2D eigenvalue weighted by Gasteiger charge is -2.07. The van der Waals surface area contributed by atoms with E-state index in [1.807, 2.05) is 0 Å². The molecule has 92 valence electrons. The van der Waals surface area contributed by atoms with E-state index in [0.29, 0.717) is 0 Å². The minimum atomic E-state index is -1.000. The molecule has 1 amide bonds. The number of nitrogens with zero attached hydrogens (tertiary/aromatic N) is 1. The number of primary amides is 1. The van der Waals surface area contributed by atoms with Crippen LogP contribution in [-0.2, 0) is 16.1 Å². The molecule has 7 nitrogen and oxygen atoms in total. The third-order valence-corrected chi connectivity index (χ3v) is 1.92. The number of pyridine rings is 1. The van der Waals surface area contributed by atoms with Crippen molar-refractivity contribution >= 4 is 11.9 Å². The van der Waals surface area contributed by atoms with Crippen LogP contribution < -0.4 is 16.0 Å². The van der Waals surface area contributed by atoms with E-state index in [9.17, 15) is 14.4 Å². The van der Waals surface area contributed by atoms with Gasteiger partial charge in [-0.3, -0.25) is 14.4 Å². The zero-order valence-electron chi connectivity index (χ0n) is 8.96. The molecule has 1 aromatic rings. The van der Waals surface area contributed by atoms with Crippen LogP contribution in [0.1, 0.15) is 6.42 Å². The van der Waals surface area contributed by atoms with Crippen LogP contribution in [0.3, 0.4) is 0 Å². The van der Waals surface area contributed by atoms with Crippen molar-refractivity contribution in [2.45, 2.75) is 13.0 Å². The largest absolute Gasteiger partial charge is 0.481 e. The van der Waals surface area contributed by atoms with Crippen LogP contribution >= 0.6 is 0 Å². The Bertz CT molecular complexity index is 441. The third-order valence-electron chi connectivity index (χ3n) is 1.92. The molecule has 3 N–H and O–H groups in total. The Kier molecular flexibility index (Phi) is 4.27. The third kappa shape index (κ3) is 3.98. The van der Waals surface area contributed by atoms with E-state index < -0.39 is 24.0 Å². The molecule has 0 aliphatic heterocycles. The van der Waals surface area contributed by atoms with E-state index in [1.165, 1.54) is 22.9 Å². The van der Waals surface area contributed by atoms with E-state index in [1.54, 1.807) is 0 Å². The topological polar surface area (TPSA) is 112 Å². The summed E-state index contributed by atoms with van der Waals surface area (Å²) in [5.41, 5.74) is 4.39. The second-order valence-corrected chi connectivity index (χ2v) is 3.27. The van der Waals surface area contributed by atoms with E-state index in [0.717, 1.165) is 0 Å². The van der Waals surface area contributed by atoms with Crippen molar-refractivity contribution in [3.8, 4) is 5.75 Å². The summed E-state index contributed by atoms with van der Waals surface area (Å²) in [6, 6.07) is 2.92. The van der Waals surface area contributed by atoms with Crippen molar-refractivity contribution in [2.75, 3.05) is 6.61 Å². The van der Waals surface area contributed by atoms with Gasteiger partial charge in [0.2, 0.25) is 0 Å². The second-order valence-electron chi connectivity index (χ2n) is 3.27. The minimum Gasteiger partial charge on any atom is -0.481 e. The lowest BCUT2D eigenvalue weighted by molar-refractivity contribution is -0.137. The molecule has 0 aliphatic carbocycles. The number of carbonyl (C=O) groups excluding carboxylic acids is 1. The molecular formula is C10H12N2O5. The van der Waals surface area contributed by atoms with Crippen LogP contribution in [0.25, 0.3) is 0 Å². The molecule has 0 saturated carbocycles. The molecule has 0 fully saturated rings. The number of rotatable bonds is 6. The van der Waals surface area contributed by atoms with Crippen LogP contribution in [-0.4, -0.2) is 28.2 Å². The highest BCUT2D eigenvalue weighted by Crippen LogP contribution is 2.02. The summed E-state index contributed by atoms with van der Waals surface area (Å²) in [5, 5.41) is 8.50. The van der Waals surface area contributed by atoms with E-state index in [-0.39, 0.29) is 18.7 Å². The van der Waals surface area contributed by atoms with E-state index in [4.69, 9.17) is 15.6 Å². The molecule has 17 heavy (non-hydrogen) atoms. The van der Waals surface area contributed by atoms with Crippen molar-refractivity contribution < 1.29 is 19.4 Å². The van der Waals surface area contributed by atoms with Crippen LogP contribution in [0.5, 0.6) is 5.75 Å². The summed E-state index contributed by atoms with van der Waals surface area (Å²) in [6.45, 7) is -0.347. The van der Waals surface area contributed by atoms with Gasteiger partial charge in [-0.2, -0.15) is 0 Å². The molecular weight excluding hydrogens is 228 g/mol. The smallest absolute Gasteiger partial charge is 0.305 e. The van der Waals surface area contributed by atoms with Crippen LogP contribution in [0.15, 0.2) is 23.1 Å². The molecule has 0 unspecified atom stereocenters. The molecule has 0 saturated heterocycles. The first-order valence-corrected chi connectivity index (χ1v) is 4.83. The Morgan fingerprint density at radius 1 is 1.47 bits per heavy atom. The fraction of sp³-hybridized carbons (Fsp3) is 0.300. The fourth-order valence-electron chi connectivity index (χ4n) is 1.17. The number of carboxylic acids is 1. The van der Waals surface area contributed by atoms with Crippen LogP contribution in [0, 0.1) is 0 Å². The monoisotopic (exact) mass is 240 g/mol. The molecule has 0 spiro atoms. The van der Waals surface area contributed by atoms with Gasteiger partial charge in [-0.1, -0.05) is 0 Å². The normalized spacial score (nSPS) is 9.88. The van der Waals surface area contributed by atoms with Gasteiger partial charge in [-0.05, 0) is 12.1 Å². The number of hydrogen-bond acceptors (Lipinski definition) is 4. The predicted octanol–water partition coefficient (Wildman–Crippen LogP) is -0.813. The number of aliphatic carboxylic acids is 1. The molecule has 0 aliphatic rings. The minimum absolute atomic E-state index is 0.0308. The first-order valence-electron chi connectivity index (χ1n) is 4.83. The van der Waals surface area contributed by atoms with Gasteiger partial charge in [0.1, 0.15) is 0 Å². The first kappa shape index (κ1) is 12.8. The highest BCUT2D eigenvalue weighted by Gasteiger charge is 2.06. The fourth-order valence-corrected chi connectivity index (χ4v) is 1.17. The van der Waals surface area contributed by atoms with Gasteiger partial charge >= 0.3 is 5.97 Å². The van der Waals surface area contributed by atoms with Gasteiger partial charge in [0, 0.05) is 12.7 Å². The van der Waals surface area contributed by atoms with Gasteiger partial charge in [0.25, 0.3) is 11.5 Å². The number of carboxylic acid groups (broad SMARTS) is 1. The Labute approximate surface area is 96.4 Å². The number of nitrogens with two attached hydrogens (primary N) is 1. The van der Waals surface area contributed by atoms with Gasteiger partial charge < -0.3 is 20.1 Å². The zero-order chi connectivity index (χ0) is 12.8. The predicted molar refractivity (Wildman–Crippen MR) is 57.6 cm³/mol. The molecule has 7 heteroatoms. The Morgan fingerprint density at radius 2 is 2.18 bits per heavy atom. The number of aryl methyl sites for hydroxylation is 1. The average Bonchev–Trinajstić information content (AvgIpc) is 2.25. The van der Waals surface area contributed by atoms with Gasteiger partial charge in [-0.15, -0.1) is 0 Å². The van der Waals surface area contributed by atoms with E-state index in [2.05, 4.69) is 0 Å². The summed E-state index contributed by atoms with van der Waals surface area (Å²) in [6.07, 6.45) is 1.28. The van der Waals surface area contributed by atoms with E-state index >= 15 is 0 Å². The SMILES string of the molecule is NC(=O)COc1cccn(CCC(=O)O)c1=O. The van der Waals surface area contributed by atoms with Gasteiger partial charge in [0.15, 0.2) is 12.4 Å². The number of aromatic nitrogens is 1. The molecule has 0 atom stereocenters. The molecule has 1 aromatic heterocycles. The van der Waals surface area contributed by atoms with Gasteiger partial charge in [0.05, 0.1) is 6.42 Å². The zero-order valence-corrected chi connectivity index (χ0v) is 8.96. The lowest BCUT2D eigenvalue weighted by Crippen LogP contribution is -2.26. The maximum absolute atomic E-state index is 11.7. The van der Waals surface area contributed by atoms with Crippen LogP contribution in [0.2, 0.25) is 0 Å². The van der Waals surface area contributed by atoms with Crippen molar-refractivity contribution in [3.63, 3.8) is 0 Å². The molecule has 0 radical (unpaired) electrons. The maximum atomic E-state index is 11.7. The maximum Gasteiger partial charge on any atom is 0.305 e. The van der Waals surface area contributed by atoms with Crippen molar-refractivity contribution in [1.29, 1.82) is 0 Å². The van der Waals surface area contributed by atoms with Crippen molar-refractivity contribution in [3.05, 3.63) is 28.7 Å². The van der Waals surface area contributed by atoms with Crippen LogP contribution in [0.4, 0.5) is 0 Å². The van der Waals surface area contributed by atoms with Gasteiger partial charge in [-0.25, -0.2) is 0 Å². The summed E-state index contributed by atoms with van der Waals surface area (Å²) < 4.78 is 6.09. The summed E-state index contributed by atoms with van der Waals surface area (Å²) in [7, 11) is 0. The molecule has 1 rings (SSSR count).